The Balaban J connectivity index is 2.21. The van der Waals surface area contributed by atoms with Gasteiger partial charge in [0.25, 0.3) is 0 Å². The zero-order chi connectivity index (χ0) is 12.0. The van der Waals surface area contributed by atoms with Crippen LogP contribution in [0.15, 0.2) is 24.3 Å². The van der Waals surface area contributed by atoms with Gasteiger partial charge in [0.05, 0.1) is 12.6 Å². The second kappa shape index (κ2) is 6.07. The van der Waals surface area contributed by atoms with E-state index in [-0.39, 0.29) is 11.7 Å². The van der Waals surface area contributed by atoms with E-state index in [4.69, 9.17) is 10.5 Å². The van der Waals surface area contributed by atoms with E-state index < -0.39 is 6.04 Å². The minimum Gasteiger partial charge on any atom is -0.492 e. The number of carbonyl (C=O) groups is 1. The van der Waals surface area contributed by atoms with Crippen molar-refractivity contribution in [3.05, 3.63) is 30.1 Å². The number of carbonyl (C=O) groups excluding carboxylic acids is 1. The van der Waals surface area contributed by atoms with Gasteiger partial charge in [0.2, 0.25) is 5.91 Å². The lowest BCUT2D eigenvalue weighted by atomic mass is 10.3. The molecule has 1 atom stereocenters. The number of nitrogens with one attached hydrogen (secondary N) is 1. The molecular formula is C11H15FN2O2. The summed E-state index contributed by atoms with van der Waals surface area (Å²) in [5, 5.41) is 2.60. The summed E-state index contributed by atoms with van der Waals surface area (Å²) in [6.45, 7) is 2.30. The van der Waals surface area contributed by atoms with Crippen LogP contribution in [-0.2, 0) is 4.79 Å². The van der Waals surface area contributed by atoms with Gasteiger partial charge in [0.1, 0.15) is 18.2 Å². The first-order valence-corrected chi connectivity index (χ1v) is 5.01. The Labute approximate surface area is 93.6 Å². The van der Waals surface area contributed by atoms with Crippen LogP contribution in [0.3, 0.4) is 0 Å². The molecule has 0 radical (unpaired) electrons. The lowest BCUT2D eigenvalue weighted by Gasteiger charge is -2.09. The van der Waals surface area contributed by atoms with Gasteiger partial charge >= 0.3 is 0 Å². The van der Waals surface area contributed by atoms with Crippen molar-refractivity contribution in [1.29, 1.82) is 0 Å². The number of rotatable bonds is 5. The van der Waals surface area contributed by atoms with Crippen molar-refractivity contribution in [3.8, 4) is 5.75 Å². The third-order valence-electron chi connectivity index (χ3n) is 1.90. The third kappa shape index (κ3) is 4.27. The van der Waals surface area contributed by atoms with Crippen LogP contribution in [0.2, 0.25) is 0 Å². The van der Waals surface area contributed by atoms with Gasteiger partial charge < -0.3 is 15.8 Å². The molecule has 0 saturated heterocycles. The van der Waals surface area contributed by atoms with E-state index in [1.165, 1.54) is 24.3 Å². The van der Waals surface area contributed by atoms with Gasteiger partial charge in [0, 0.05) is 0 Å². The first-order valence-electron chi connectivity index (χ1n) is 5.01. The van der Waals surface area contributed by atoms with Gasteiger partial charge in [-0.1, -0.05) is 0 Å². The fourth-order valence-electron chi connectivity index (χ4n) is 1.03. The molecule has 0 aliphatic carbocycles. The first kappa shape index (κ1) is 12.4. The molecule has 88 valence electrons. The molecule has 1 aromatic rings. The molecular weight excluding hydrogens is 211 g/mol. The van der Waals surface area contributed by atoms with E-state index in [1.807, 2.05) is 0 Å². The average molecular weight is 226 g/mol. The molecule has 0 unspecified atom stereocenters. The number of benzene rings is 1. The zero-order valence-electron chi connectivity index (χ0n) is 9.07. The van der Waals surface area contributed by atoms with E-state index in [1.54, 1.807) is 6.92 Å². The van der Waals surface area contributed by atoms with Crippen LogP contribution in [0, 0.1) is 5.82 Å². The maximum Gasteiger partial charge on any atom is 0.236 e. The molecule has 0 spiro atoms. The molecule has 0 fully saturated rings. The quantitative estimate of drug-likeness (QED) is 0.725. The lowest BCUT2D eigenvalue weighted by Crippen LogP contribution is -2.40. The Morgan fingerprint density at radius 3 is 2.69 bits per heavy atom. The van der Waals surface area contributed by atoms with Crippen LogP contribution < -0.4 is 15.8 Å². The highest BCUT2D eigenvalue weighted by Gasteiger charge is 2.05. The molecule has 5 heteroatoms. The van der Waals surface area contributed by atoms with Gasteiger partial charge in [-0.2, -0.15) is 0 Å². The molecule has 4 nitrogen and oxygen atoms in total. The summed E-state index contributed by atoms with van der Waals surface area (Å²) in [7, 11) is 0. The van der Waals surface area contributed by atoms with Crippen molar-refractivity contribution in [2.24, 2.45) is 5.73 Å². The predicted molar refractivity (Wildman–Crippen MR) is 58.6 cm³/mol. The third-order valence-corrected chi connectivity index (χ3v) is 1.90. The molecule has 0 bridgehead atoms. The lowest BCUT2D eigenvalue weighted by molar-refractivity contribution is -0.122. The largest absolute Gasteiger partial charge is 0.492 e. The second-order valence-corrected chi connectivity index (χ2v) is 3.38. The molecule has 0 aromatic heterocycles. The number of ether oxygens (including phenoxy) is 1. The number of hydrogen-bond donors (Lipinski definition) is 2. The van der Waals surface area contributed by atoms with Crippen molar-refractivity contribution in [2.45, 2.75) is 13.0 Å². The van der Waals surface area contributed by atoms with Gasteiger partial charge in [-0.15, -0.1) is 0 Å². The van der Waals surface area contributed by atoms with Crippen LogP contribution in [-0.4, -0.2) is 25.1 Å². The van der Waals surface area contributed by atoms with Crippen LogP contribution in [0.25, 0.3) is 0 Å². The minimum atomic E-state index is -0.522. The van der Waals surface area contributed by atoms with Gasteiger partial charge in [-0.3, -0.25) is 4.79 Å². The predicted octanol–water partition coefficient (Wildman–Crippen LogP) is 0.668. The highest BCUT2D eigenvalue weighted by atomic mass is 19.1. The normalized spacial score (nSPS) is 11.9. The summed E-state index contributed by atoms with van der Waals surface area (Å²) in [6, 6.07) is 5.17. The van der Waals surface area contributed by atoms with E-state index in [0.29, 0.717) is 18.9 Å². The fraction of sp³-hybridized carbons (Fsp3) is 0.364. The smallest absolute Gasteiger partial charge is 0.236 e. The average Bonchev–Trinajstić information content (AvgIpc) is 2.26. The van der Waals surface area contributed by atoms with E-state index in [0.717, 1.165) is 0 Å². The maximum atomic E-state index is 12.5. The van der Waals surface area contributed by atoms with Crippen LogP contribution in [0.5, 0.6) is 5.75 Å². The molecule has 0 heterocycles. The summed E-state index contributed by atoms with van der Waals surface area (Å²) in [5.74, 6) is 0.0387. The molecule has 1 amide bonds. The van der Waals surface area contributed by atoms with Crippen molar-refractivity contribution < 1.29 is 13.9 Å². The number of amides is 1. The second-order valence-electron chi connectivity index (χ2n) is 3.38. The van der Waals surface area contributed by atoms with E-state index in [9.17, 15) is 9.18 Å². The van der Waals surface area contributed by atoms with E-state index >= 15 is 0 Å². The summed E-state index contributed by atoms with van der Waals surface area (Å²) in [4.78, 5) is 11.1. The number of hydrogen-bond acceptors (Lipinski definition) is 3. The highest BCUT2D eigenvalue weighted by Crippen LogP contribution is 2.10. The number of halogens is 1. The van der Waals surface area contributed by atoms with Gasteiger partial charge in [0.15, 0.2) is 0 Å². The topological polar surface area (TPSA) is 64.4 Å². The standard InChI is InChI=1S/C11H15FN2O2/c1-8(13)11(15)14-6-7-16-10-4-2-9(12)3-5-10/h2-5,8H,6-7,13H2,1H3,(H,14,15)/t8-/m1/s1. The summed E-state index contributed by atoms with van der Waals surface area (Å²) in [5.41, 5.74) is 5.35. The van der Waals surface area contributed by atoms with Crippen LogP contribution in [0.1, 0.15) is 6.92 Å². The number of nitrogens with two attached hydrogens (primary N) is 1. The molecule has 1 rings (SSSR count). The molecule has 16 heavy (non-hydrogen) atoms. The Bertz CT molecular complexity index is 338. The monoisotopic (exact) mass is 226 g/mol. The summed E-state index contributed by atoms with van der Waals surface area (Å²) in [6.07, 6.45) is 0. The van der Waals surface area contributed by atoms with Crippen LogP contribution >= 0.6 is 0 Å². The van der Waals surface area contributed by atoms with Crippen molar-refractivity contribution >= 4 is 5.91 Å². The highest BCUT2D eigenvalue weighted by molar-refractivity contribution is 5.80. The Kier molecular flexibility index (Phi) is 4.72. The molecule has 0 saturated carbocycles. The van der Waals surface area contributed by atoms with Crippen molar-refractivity contribution in [1.82, 2.24) is 5.32 Å². The van der Waals surface area contributed by atoms with Crippen molar-refractivity contribution in [2.75, 3.05) is 13.2 Å². The minimum absolute atomic E-state index is 0.220. The van der Waals surface area contributed by atoms with Crippen LogP contribution in [0.4, 0.5) is 4.39 Å². The van der Waals surface area contributed by atoms with Crippen molar-refractivity contribution in [3.63, 3.8) is 0 Å². The Morgan fingerprint density at radius 2 is 2.12 bits per heavy atom. The molecule has 3 N–H and O–H groups in total. The molecule has 0 aliphatic heterocycles. The van der Waals surface area contributed by atoms with Gasteiger partial charge in [-0.05, 0) is 31.2 Å². The van der Waals surface area contributed by atoms with Gasteiger partial charge in [-0.25, -0.2) is 4.39 Å². The SMILES string of the molecule is C[C@@H](N)C(=O)NCCOc1ccc(F)cc1. The van der Waals surface area contributed by atoms with E-state index in [2.05, 4.69) is 5.32 Å². The molecule has 0 aliphatic rings. The maximum absolute atomic E-state index is 12.5. The molecule has 1 aromatic carbocycles. The Hall–Kier alpha value is -1.62. The zero-order valence-corrected chi connectivity index (χ0v) is 9.07. The first-order chi connectivity index (χ1) is 7.59. The summed E-state index contributed by atoms with van der Waals surface area (Å²) < 4.78 is 17.8. The Morgan fingerprint density at radius 1 is 1.50 bits per heavy atom. The fourth-order valence-corrected chi connectivity index (χ4v) is 1.03. The summed E-state index contributed by atoms with van der Waals surface area (Å²) >= 11 is 0.